The maximum absolute atomic E-state index is 13.2. The fourth-order valence-corrected chi connectivity index (χ4v) is 3.45. The number of hydrogen-bond donors (Lipinski definition) is 3. The molecule has 0 unspecified atom stereocenters. The highest BCUT2D eigenvalue weighted by Gasteiger charge is 2.16. The zero-order chi connectivity index (χ0) is 21.8. The van der Waals surface area contributed by atoms with Gasteiger partial charge in [0.2, 0.25) is 16.9 Å². The van der Waals surface area contributed by atoms with Gasteiger partial charge in [-0.3, -0.25) is 9.89 Å². The molecule has 4 N–H and O–H groups in total. The lowest BCUT2D eigenvalue weighted by molar-refractivity contribution is -0.113. The number of aromatic amines is 1. The number of thioether (sulfide) groups is 1. The van der Waals surface area contributed by atoms with Gasteiger partial charge in [0.15, 0.2) is 0 Å². The molecule has 0 aliphatic carbocycles. The summed E-state index contributed by atoms with van der Waals surface area (Å²) in [7, 11) is 1.61. The molecule has 0 saturated heterocycles. The SMILES string of the molecule is COc1ccc(-c2cc(-c3nnc(SCC(=O)Nc4cccc(F)c4)n3N)[nH]n2)cc1. The van der Waals surface area contributed by atoms with Gasteiger partial charge in [-0.2, -0.15) is 5.10 Å². The van der Waals surface area contributed by atoms with Gasteiger partial charge < -0.3 is 15.9 Å². The highest BCUT2D eigenvalue weighted by atomic mass is 32.2. The second kappa shape index (κ2) is 8.88. The second-order valence-electron chi connectivity index (χ2n) is 6.42. The van der Waals surface area contributed by atoms with E-state index in [1.807, 2.05) is 24.3 Å². The Balaban J connectivity index is 1.42. The van der Waals surface area contributed by atoms with Gasteiger partial charge >= 0.3 is 0 Å². The molecule has 11 heteroatoms. The van der Waals surface area contributed by atoms with E-state index in [9.17, 15) is 9.18 Å². The lowest BCUT2D eigenvalue weighted by Gasteiger charge is -2.05. The van der Waals surface area contributed by atoms with Crippen molar-refractivity contribution in [2.45, 2.75) is 5.16 Å². The van der Waals surface area contributed by atoms with E-state index >= 15 is 0 Å². The molecule has 0 fully saturated rings. The largest absolute Gasteiger partial charge is 0.497 e. The molecule has 0 aliphatic rings. The number of rotatable bonds is 7. The summed E-state index contributed by atoms with van der Waals surface area (Å²) in [6.45, 7) is 0. The summed E-state index contributed by atoms with van der Waals surface area (Å²) >= 11 is 1.11. The van der Waals surface area contributed by atoms with Crippen LogP contribution in [0.4, 0.5) is 10.1 Å². The number of carbonyl (C=O) groups is 1. The van der Waals surface area contributed by atoms with E-state index in [2.05, 4.69) is 25.7 Å². The molecule has 0 aliphatic heterocycles. The van der Waals surface area contributed by atoms with Crippen LogP contribution in [-0.2, 0) is 4.79 Å². The zero-order valence-corrected chi connectivity index (χ0v) is 17.2. The molecular formula is C20H18FN7O2S. The Morgan fingerprint density at radius 1 is 1.23 bits per heavy atom. The highest BCUT2D eigenvalue weighted by Crippen LogP contribution is 2.26. The standard InChI is InChI=1S/C20H18FN7O2S/c1-30-15-7-5-12(6-8-15)16-10-17(25-24-16)19-26-27-20(28(19)22)31-11-18(29)23-14-4-2-3-13(21)9-14/h2-10H,11,22H2,1H3,(H,23,29)(H,24,25). The van der Waals surface area contributed by atoms with Crippen molar-refractivity contribution >= 4 is 23.4 Å². The molecule has 0 radical (unpaired) electrons. The Bertz CT molecular complexity index is 1210. The lowest BCUT2D eigenvalue weighted by atomic mass is 10.1. The number of ether oxygens (including phenoxy) is 1. The van der Waals surface area contributed by atoms with Gasteiger partial charge in [-0.15, -0.1) is 10.2 Å². The minimum Gasteiger partial charge on any atom is -0.497 e. The van der Waals surface area contributed by atoms with Crippen LogP contribution in [0.5, 0.6) is 5.75 Å². The van der Waals surface area contributed by atoms with E-state index in [4.69, 9.17) is 10.6 Å². The number of nitrogen functional groups attached to an aromatic ring is 1. The Kier molecular flexibility index (Phi) is 5.85. The number of halogens is 1. The predicted molar refractivity (Wildman–Crippen MR) is 115 cm³/mol. The van der Waals surface area contributed by atoms with Crippen LogP contribution in [0.15, 0.2) is 59.8 Å². The van der Waals surface area contributed by atoms with E-state index in [1.54, 1.807) is 19.2 Å². The average Bonchev–Trinajstić information content (AvgIpc) is 3.39. The summed E-state index contributed by atoms with van der Waals surface area (Å²) in [6.07, 6.45) is 0. The minimum absolute atomic E-state index is 0.0337. The first-order valence-corrected chi connectivity index (χ1v) is 10.1. The van der Waals surface area contributed by atoms with Crippen LogP contribution in [0.1, 0.15) is 0 Å². The van der Waals surface area contributed by atoms with Gasteiger partial charge in [-0.05, 0) is 48.5 Å². The number of methoxy groups -OCH3 is 1. The summed E-state index contributed by atoms with van der Waals surface area (Å²) in [6, 6.07) is 15.0. The van der Waals surface area contributed by atoms with E-state index in [0.29, 0.717) is 28.1 Å². The van der Waals surface area contributed by atoms with Crippen molar-refractivity contribution in [2.75, 3.05) is 24.0 Å². The Labute approximate surface area is 180 Å². The maximum Gasteiger partial charge on any atom is 0.234 e. The first-order valence-electron chi connectivity index (χ1n) is 9.12. The van der Waals surface area contributed by atoms with Crippen molar-refractivity contribution in [1.29, 1.82) is 0 Å². The fourth-order valence-electron chi connectivity index (χ4n) is 2.80. The summed E-state index contributed by atoms with van der Waals surface area (Å²) in [4.78, 5) is 12.1. The molecular weight excluding hydrogens is 421 g/mol. The number of nitrogens with one attached hydrogen (secondary N) is 2. The van der Waals surface area contributed by atoms with Crippen LogP contribution in [0.2, 0.25) is 0 Å². The van der Waals surface area contributed by atoms with Crippen LogP contribution in [0, 0.1) is 5.82 Å². The third-order valence-electron chi connectivity index (χ3n) is 4.31. The summed E-state index contributed by atoms with van der Waals surface area (Å²) in [5.74, 6) is 6.53. The van der Waals surface area contributed by atoms with Crippen LogP contribution in [0.25, 0.3) is 22.8 Å². The Morgan fingerprint density at radius 3 is 2.77 bits per heavy atom. The van der Waals surface area contributed by atoms with Crippen LogP contribution >= 0.6 is 11.8 Å². The Hall–Kier alpha value is -3.86. The van der Waals surface area contributed by atoms with Gasteiger partial charge in [-0.1, -0.05) is 17.8 Å². The minimum atomic E-state index is -0.426. The number of H-pyrrole nitrogens is 1. The van der Waals surface area contributed by atoms with Crippen molar-refractivity contribution < 1.29 is 13.9 Å². The van der Waals surface area contributed by atoms with Gasteiger partial charge in [0.05, 0.1) is 18.6 Å². The molecule has 0 atom stereocenters. The number of hydrogen-bond acceptors (Lipinski definition) is 7. The van der Waals surface area contributed by atoms with Crippen molar-refractivity contribution in [3.63, 3.8) is 0 Å². The molecule has 31 heavy (non-hydrogen) atoms. The normalized spacial score (nSPS) is 10.8. The number of carbonyl (C=O) groups excluding carboxylic acids is 1. The van der Waals surface area contributed by atoms with Crippen molar-refractivity contribution in [1.82, 2.24) is 25.1 Å². The van der Waals surface area contributed by atoms with Crippen molar-refractivity contribution in [2.24, 2.45) is 0 Å². The van der Waals surface area contributed by atoms with Crippen molar-refractivity contribution in [3.05, 3.63) is 60.4 Å². The van der Waals surface area contributed by atoms with Crippen LogP contribution < -0.4 is 15.9 Å². The molecule has 0 spiro atoms. The molecule has 0 saturated carbocycles. The molecule has 1 amide bonds. The molecule has 4 rings (SSSR count). The molecule has 2 aromatic heterocycles. The average molecular weight is 439 g/mol. The van der Waals surface area contributed by atoms with Gasteiger partial charge in [0.1, 0.15) is 17.3 Å². The van der Waals surface area contributed by atoms with Crippen LogP contribution in [-0.4, -0.2) is 43.8 Å². The third kappa shape index (κ3) is 4.67. The van der Waals surface area contributed by atoms with Gasteiger partial charge in [0, 0.05) is 11.3 Å². The summed E-state index contributed by atoms with van der Waals surface area (Å²) in [5.41, 5.74) is 2.57. The highest BCUT2D eigenvalue weighted by molar-refractivity contribution is 7.99. The maximum atomic E-state index is 13.2. The quantitative estimate of drug-likeness (QED) is 0.299. The zero-order valence-electron chi connectivity index (χ0n) is 16.4. The third-order valence-corrected chi connectivity index (χ3v) is 5.25. The number of amides is 1. The fraction of sp³-hybridized carbons (Fsp3) is 0.100. The molecule has 4 aromatic rings. The van der Waals surface area contributed by atoms with Gasteiger partial charge in [-0.25, -0.2) is 9.07 Å². The number of benzene rings is 2. The van der Waals surface area contributed by atoms with E-state index in [-0.39, 0.29) is 11.7 Å². The Morgan fingerprint density at radius 2 is 2.03 bits per heavy atom. The first-order chi connectivity index (χ1) is 15.0. The van der Waals surface area contributed by atoms with E-state index in [0.717, 1.165) is 23.1 Å². The summed E-state index contributed by atoms with van der Waals surface area (Å²) < 4.78 is 19.7. The molecule has 2 aromatic carbocycles. The predicted octanol–water partition coefficient (Wildman–Crippen LogP) is 2.93. The van der Waals surface area contributed by atoms with E-state index < -0.39 is 5.82 Å². The number of aromatic nitrogens is 5. The monoisotopic (exact) mass is 439 g/mol. The molecule has 2 heterocycles. The lowest BCUT2D eigenvalue weighted by Crippen LogP contribution is -2.16. The van der Waals surface area contributed by atoms with Crippen LogP contribution in [0.3, 0.4) is 0 Å². The van der Waals surface area contributed by atoms with E-state index in [1.165, 1.54) is 22.9 Å². The second-order valence-corrected chi connectivity index (χ2v) is 7.36. The summed E-state index contributed by atoms with van der Waals surface area (Å²) in [5, 5.41) is 18.3. The van der Waals surface area contributed by atoms with Crippen molar-refractivity contribution in [3.8, 4) is 28.5 Å². The number of nitrogens with two attached hydrogens (primary N) is 1. The molecule has 9 nitrogen and oxygen atoms in total. The smallest absolute Gasteiger partial charge is 0.234 e. The molecule has 158 valence electrons. The topological polar surface area (TPSA) is 124 Å². The van der Waals surface area contributed by atoms with Gasteiger partial charge in [0.25, 0.3) is 0 Å². The first kappa shape index (κ1) is 20.4. The number of nitrogens with zero attached hydrogens (tertiary/aromatic N) is 4. The number of anilines is 1. The molecule has 0 bridgehead atoms.